The van der Waals surface area contributed by atoms with Crippen molar-refractivity contribution in [1.29, 1.82) is 0 Å². The van der Waals surface area contributed by atoms with Crippen LogP contribution in [0.25, 0.3) is 0 Å². The summed E-state index contributed by atoms with van der Waals surface area (Å²) in [5.41, 5.74) is 2.32. The summed E-state index contributed by atoms with van der Waals surface area (Å²) in [7, 11) is 1.83. The van der Waals surface area contributed by atoms with E-state index < -0.39 is 0 Å². The third-order valence-corrected chi connectivity index (χ3v) is 4.34. The second-order valence-corrected chi connectivity index (χ2v) is 6.33. The highest BCUT2D eigenvalue weighted by Gasteiger charge is 2.09. The summed E-state index contributed by atoms with van der Waals surface area (Å²) in [5, 5.41) is 11.3. The van der Waals surface area contributed by atoms with Gasteiger partial charge in [0.2, 0.25) is 0 Å². The highest BCUT2D eigenvalue weighted by Crippen LogP contribution is 2.07. The number of aliphatic imine (C=N–C) groups is 1. The molecule has 1 aliphatic heterocycles. The van der Waals surface area contributed by atoms with E-state index in [1.807, 2.05) is 14.0 Å². The van der Waals surface area contributed by atoms with Crippen molar-refractivity contribution >= 4 is 5.96 Å². The quantitative estimate of drug-likeness (QED) is 0.455. The second kappa shape index (κ2) is 9.55. The molecule has 6 nitrogen and oxygen atoms in total. The van der Waals surface area contributed by atoms with E-state index in [9.17, 15) is 0 Å². The molecule has 0 radical (unpaired) electrons. The summed E-state index contributed by atoms with van der Waals surface area (Å²) in [6.07, 6.45) is 5.12. The van der Waals surface area contributed by atoms with Crippen LogP contribution < -0.4 is 10.6 Å². The van der Waals surface area contributed by atoms with Gasteiger partial charge in [-0.25, -0.2) is 0 Å². The molecule has 2 rings (SSSR count). The molecule has 0 amide bonds. The predicted octanol–water partition coefficient (Wildman–Crippen LogP) is 1.54. The van der Waals surface area contributed by atoms with Gasteiger partial charge in [0.05, 0.1) is 5.69 Å². The third kappa shape index (κ3) is 6.22. The van der Waals surface area contributed by atoms with Gasteiger partial charge < -0.3 is 15.5 Å². The maximum Gasteiger partial charge on any atom is 0.191 e. The number of hydrogen-bond acceptors (Lipinski definition) is 3. The number of aromatic nitrogens is 2. The molecule has 1 aromatic heterocycles. The topological polar surface area (TPSA) is 57.5 Å². The van der Waals surface area contributed by atoms with Crippen molar-refractivity contribution in [3.05, 3.63) is 17.5 Å². The van der Waals surface area contributed by atoms with E-state index in [4.69, 9.17) is 0 Å². The zero-order chi connectivity index (χ0) is 16.5. The molecule has 0 spiro atoms. The Labute approximate surface area is 140 Å². The van der Waals surface area contributed by atoms with Gasteiger partial charge in [0.15, 0.2) is 5.96 Å². The highest BCUT2D eigenvalue weighted by atomic mass is 15.3. The molecule has 130 valence electrons. The van der Waals surface area contributed by atoms with E-state index >= 15 is 0 Å². The number of hydrogen-bond donors (Lipinski definition) is 2. The maximum atomic E-state index is 4.49. The van der Waals surface area contributed by atoms with Crippen LogP contribution in [0.4, 0.5) is 0 Å². The van der Waals surface area contributed by atoms with Crippen LogP contribution in [0.3, 0.4) is 0 Å². The van der Waals surface area contributed by atoms with Gasteiger partial charge in [0, 0.05) is 38.9 Å². The lowest BCUT2D eigenvalue weighted by molar-refractivity contribution is 0.232. The lowest BCUT2D eigenvalue weighted by atomic mass is 10.1. The van der Waals surface area contributed by atoms with Crippen molar-refractivity contribution < 1.29 is 0 Å². The van der Waals surface area contributed by atoms with E-state index in [-0.39, 0.29) is 0 Å². The maximum absolute atomic E-state index is 4.49. The van der Waals surface area contributed by atoms with Crippen LogP contribution in [0.5, 0.6) is 0 Å². The molecule has 1 saturated heterocycles. The first kappa shape index (κ1) is 17.8. The Balaban J connectivity index is 1.58. The summed E-state index contributed by atoms with van der Waals surface area (Å²) in [4.78, 5) is 6.82. The summed E-state index contributed by atoms with van der Waals surface area (Å²) in [6.45, 7) is 10.5. The van der Waals surface area contributed by atoms with Gasteiger partial charge in [-0.2, -0.15) is 5.10 Å². The summed E-state index contributed by atoms with van der Waals surface area (Å²) in [5.74, 6) is 0.898. The van der Waals surface area contributed by atoms with Crippen molar-refractivity contribution in [2.24, 2.45) is 4.99 Å². The van der Waals surface area contributed by atoms with Gasteiger partial charge in [-0.15, -0.1) is 0 Å². The fraction of sp³-hybridized carbons (Fsp3) is 0.765. The standard InChI is InChI=1S/C17H32N6/c1-15-14-16(2)23(21-15)12-7-8-19-17(18-3)20-9-13-22-10-5-4-6-11-22/h14H,4-13H2,1-3H3,(H2,18,19,20). The molecule has 1 aliphatic rings. The number of aryl methyl sites for hydroxylation is 3. The first-order chi connectivity index (χ1) is 11.2. The van der Waals surface area contributed by atoms with Crippen LogP contribution in [0.2, 0.25) is 0 Å². The van der Waals surface area contributed by atoms with E-state index in [0.717, 1.165) is 44.3 Å². The molecule has 2 heterocycles. The Morgan fingerprint density at radius 1 is 1.13 bits per heavy atom. The molecule has 1 fully saturated rings. The lowest BCUT2D eigenvalue weighted by Gasteiger charge is -2.26. The minimum absolute atomic E-state index is 0.898. The van der Waals surface area contributed by atoms with Crippen LogP contribution in [0.15, 0.2) is 11.1 Å². The van der Waals surface area contributed by atoms with Gasteiger partial charge in [-0.05, 0) is 52.3 Å². The number of likely N-dealkylation sites (tertiary alicyclic amines) is 1. The van der Waals surface area contributed by atoms with Gasteiger partial charge in [0.25, 0.3) is 0 Å². The molecule has 0 aromatic carbocycles. The number of piperidine rings is 1. The average molecular weight is 320 g/mol. The van der Waals surface area contributed by atoms with Crippen molar-refractivity contribution in [3.63, 3.8) is 0 Å². The van der Waals surface area contributed by atoms with E-state index in [1.54, 1.807) is 0 Å². The average Bonchev–Trinajstić information content (AvgIpc) is 2.88. The lowest BCUT2D eigenvalue weighted by Crippen LogP contribution is -2.43. The molecule has 0 saturated carbocycles. The van der Waals surface area contributed by atoms with Gasteiger partial charge in [-0.1, -0.05) is 6.42 Å². The number of guanidine groups is 1. The molecular formula is C17H32N6. The zero-order valence-corrected chi connectivity index (χ0v) is 14.9. The number of nitrogens with one attached hydrogen (secondary N) is 2. The van der Waals surface area contributed by atoms with Gasteiger partial charge in [-0.3, -0.25) is 9.67 Å². The van der Waals surface area contributed by atoms with Gasteiger partial charge in [0.1, 0.15) is 0 Å². The normalized spacial score (nSPS) is 16.6. The van der Waals surface area contributed by atoms with Crippen molar-refractivity contribution in [3.8, 4) is 0 Å². The largest absolute Gasteiger partial charge is 0.356 e. The Bertz CT molecular complexity index is 487. The molecule has 6 heteroatoms. The molecule has 0 unspecified atom stereocenters. The third-order valence-electron chi connectivity index (χ3n) is 4.34. The van der Waals surface area contributed by atoms with Crippen LogP contribution in [0.1, 0.15) is 37.1 Å². The summed E-state index contributed by atoms with van der Waals surface area (Å²) < 4.78 is 2.07. The molecule has 23 heavy (non-hydrogen) atoms. The Hall–Kier alpha value is -1.56. The van der Waals surface area contributed by atoms with Crippen LogP contribution in [-0.4, -0.2) is 60.4 Å². The Morgan fingerprint density at radius 2 is 1.87 bits per heavy atom. The summed E-state index contributed by atoms with van der Waals surface area (Å²) in [6, 6.07) is 2.12. The Morgan fingerprint density at radius 3 is 2.52 bits per heavy atom. The highest BCUT2D eigenvalue weighted by molar-refractivity contribution is 5.79. The fourth-order valence-corrected chi connectivity index (χ4v) is 3.07. The van der Waals surface area contributed by atoms with Crippen LogP contribution in [0, 0.1) is 13.8 Å². The minimum Gasteiger partial charge on any atom is -0.356 e. The van der Waals surface area contributed by atoms with E-state index in [1.165, 1.54) is 38.0 Å². The SMILES string of the molecule is CN=C(NCCCn1nc(C)cc1C)NCCN1CCCCC1. The molecule has 0 aliphatic carbocycles. The second-order valence-electron chi connectivity index (χ2n) is 6.33. The number of nitrogens with zero attached hydrogens (tertiary/aromatic N) is 4. The van der Waals surface area contributed by atoms with Crippen molar-refractivity contribution in [1.82, 2.24) is 25.3 Å². The van der Waals surface area contributed by atoms with Crippen LogP contribution >= 0.6 is 0 Å². The van der Waals surface area contributed by atoms with E-state index in [0.29, 0.717) is 0 Å². The summed E-state index contributed by atoms with van der Waals surface area (Å²) >= 11 is 0. The van der Waals surface area contributed by atoms with Crippen LogP contribution in [-0.2, 0) is 6.54 Å². The molecular weight excluding hydrogens is 288 g/mol. The first-order valence-electron chi connectivity index (χ1n) is 8.87. The molecule has 2 N–H and O–H groups in total. The minimum atomic E-state index is 0.898. The van der Waals surface area contributed by atoms with Crippen molar-refractivity contribution in [2.45, 2.75) is 46.1 Å². The predicted molar refractivity (Wildman–Crippen MR) is 96.0 cm³/mol. The zero-order valence-electron chi connectivity index (χ0n) is 14.9. The van der Waals surface area contributed by atoms with Crippen molar-refractivity contribution in [2.75, 3.05) is 39.8 Å². The Kier molecular flexibility index (Phi) is 7.39. The fourth-order valence-electron chi connectivity index (χ4n) is 3.07. The van der Waals surface area contributed by atoms with Gasteiger partial charge >= 0.3 is 0 Å². The monoisotopic (exact) mass is 320 g/mol. The number of rotatable bonds is 7. The molecule has 0 bridgehead atoms. The first-order valence-corrected chi connectivity index (χ1v) is 8.87. The molecule has 0 atom stereocenters. The molecule has 1 aromatic rings. The smallest absolute Gasteiger partial charge is 0.191 e. The van der Waals surface area contributed by atoms with E-state index in [2.05, 4.69) is 43.3 Å².